The third-order valence-corrected chi connectivity index (χ3v) is 4.54. The number of rotatable bonds is 4. The minimum Gasteiger partial charge on any atom is -0.353 e. The number of benzene rings is 1. The zero-order valence-corrected chi connectivity index (χ0v) is 15.1. The number of amides is 1. The molecule has 0 radical (unpaired) electrons. The summed E-state index contributed by atoms with van der Waals surface area (Å²) in [6, 6.07) is 11.5. The maximum absolute atomic E-state index is 12.9. The predicted octanol–water partition coefficient (Wildman–Crippen LogP) is 2.59. The second kappa shape index (κ2) is 7.99. The molecule has 0 aliphatic carbocycles. The quantitative estimate of drug-likeness (QED) is 0.752. The fourth-order valence-corrected chi connectivity index (χ4v) is 3.01. The van der Waals surface area contributed by atoms with Crippen LogP contribution in [-0.4, -0.2) is 47.0 Å². The minimum atomic E-state index is -0.353. The van der Waals surface area contributed by atoms with E-state index in [2.05, 4.69) is 30.1 Å². The van der Waals surface area contributed by atoms with Crippen molar-refractivity contribution in [2.24, 2.45) is 0 Å². The van der Waals surface area contributed by atoms with E-state index in [0.717, 1.165) is 32.0 Å². The van der Waals surface area contributed by atoms with Gasteiger partial charge < -0.3 is 15.1 Å². The summed E-state index contributed by atoms with van der Waals surface area (Å²) in [6.07, 6.45) is 4.80. The van der Waals surface area contributed by atoms with E-state index in [9.17, 15) is 9.18 Å². The summed E-state index contributed by atoms with van der Waals surface area (Å²) in [4.78, 5) is 29.6. The van der Waals surface area contributed by atoms with Gasteiger partial charge in [-0.25, -0.2) is 19.3 Å². The lowest BCUT2D eigenvalue weighted by Gasteiger charge is -2.35. The van der Waals surface area contributed by atoms with Crippen LogP contribution in [0.25, 0.3) is 0 Å². The van der Waals surface area contributed by atoms with Gasteiger partial charge in [-0.1, -0.05) is 6.07 Å². The number of aromatic nitrogens is 3. The van der Waals surface area contributed by atoms with Crippen LogP contribution in [0.4, 0.5) is 21.8 Å². The van der Waals surface area contributed by atoms with Crippen LogP contribution in [0.15, 0.2) is 61.1 Å². The lowest BCUT2D eigenvalue weighted by Crippen LogP contribution is -2.47. The number of piperazine rings is 1. The second-order valence-electron chi connectivity index (χ2n) is 6.39. The highest BCUT2D eigenvalue weighted by atomic mass is 19.1. The van der Waals surface area contributed by atoms with Gasteiger partial charge >= 0.3 is 0 Å². The molecule has 1 aliphatic rings. The van der Waals surface area contributed by atoms with Crippen LogP contribution in [0.2, 0.25) is 0 Å². The Hall–Kier alpha value is -3.55. The van der Waals surface area contributed by atoms with E-state index in [4.69, 9.17) is 0 Å². The minimum absolute atomic E-state index is 0.335. The van der Waals surface area contributed by atoms with E-state index in [1.807, 2.05) is 18.2 Å². The zero-order valence-electron chi connectivity index (χ0n) is 15.1. The summed E-state index contributed by atoms with van der Waals surface area (Å²) in [5.74, 6) is 0.877. The van der Waals surface area contributed by atoms with E-state index in [0.29, 0.717) is 17.2 Å². The molecule has 4 rings (SSSR count). The number of hydrogen-bond acceptors (Lipinski definition) is 6. The summed E-state index contributed by atoms with van der Waals surface area (Å²) in [6.45, 7) is 3.20. The first kappa shape index (κ1) is 17.8. The molecule has 1 aliphatic heterocycles. The molecule has 1 fully saturated rings. The average molecular weight is 378 g/mol. The smallest absolute Gasteiger partial charge is 0.258 e. The number of halogens is 1. The van der Waals surface area contributed by atoms with Crippen LogP contribution in [-0.2, 0) is 0 Å². The first-order chi connectivity index (χ1) is 13.7. The van der Waals surface area contributed by atoms with Crippen LogP contribution in [0.1, 0.15) is 10.4 Å². The molecule has 0 atom stereocenters. The van der Waals surface area contributed by atoms with Crippen LogP contribution >= 0.6 is 0 Å². The first-order valence-corrected chi connectivity index (χ1v) is 8.99. The van der Waals surface area contributed by atoms with Gasteiger partial charge in [0.05, 0.1) is 5.56 Å². The molecular weight excluding hydrogens is 359 g/mol. The van der Waals surface area contributed by atoms with E-state index >= 15 is 0 Å². The molecule has 1 amide bonds. The number of pyridine rings is 1. The molecule has 1 N–H and O–H groups in total. The van der Waals surface area contributed by atoms with Crippen molar-refractivity contribution >= 4 is 23.4 Å². The van der Waals surface area contributed by atoms with E-state index in [-0.39, 0.29) is 11.7 Å². The van der Waals surface area contributed by atoms with Gasteiger partial charge in [0, 0.05) is 50.5 Å². The molecule has 3 aromatic rings. The third-order valence-electron chi connectivity index (χ3n) is 4.54. The summed E-state index contributed by atoms with van der Waals surface area (Å²) in [5, 5.41) is 2.70. The standard InChI is InChI=1S/C20H19FN6O/c21-16-4-6-17(7-5-16)25-19(28)15-13-23-20(24-14-15)27-11-9-26(10-12-27)18-3-1-2-8-22-18/h1-8,13-14H,9-12H2,(H,25,28). The van der Waals surface area contributed by atoms with Crippen molar-refractivity contribution in [3.8, 4) is 0 Å². The predicted molar refractivity (Wildman–Crippen MR) is 105 cm³/mol. The lowest BCUT2D eigenvalue weighted by molar-refractivity contribution is 0.102. The Labute approximate surface area is 161 Å². The largest absolute Gasteiger partial charge is 0.353 e. The fourth-order valence-electron chi connectivity index (χ4n) is 3.01. The molecule has 0 spiro atoms. The Morgan fingerprint density at radius 1 is 0.893 bits per heavy atom. The van der Waals surface area contributed by atoms with E-state index in [1.54, 1.807) is 6.20 Å². The van der Waals surface area contributed by atoms with Crippen LogP contribution in [0, 0.1) is 5.82 Å². The second-order valence-corrected chi connectivity index (χ2v) is 6.39. The van der Waals surface area contributed by atoms with Crippen molar-refractivity contribution < 1.29 is 9.18 Å². The van der Waals surface area contributed by atoms with Crippen molar-refractivity contribution in [3.63, 3.8) is 0 Å². The van der Waals surface area contributed by atoms with Gasteiger partial charge in [0.2, 0.25) is 5.95 Å². The number of nitrogens with one attached hydrogen (secondary N) is 1. The van der Waals surface area contributed by atoms with Gasteiger partial charge in [-0.15, -0.1) is 0 Å². The molecular formula is C20H19FN6O. The van der Waals surface area contributed by atoms with Crippen LogP contribution in [0.3, 0.4) is 0 Å². The van der Waals surface area contributed by atoms with E-state index < -0.39 is 0 Å². The van der Waals surface area contributed by atoms with Crippen molar-refractivity contribution in [1.29, 1.82) is 0 Å². The molecule has 2 aromatic heterocycles. The molecule has 0 bridgehead atoms. The summed E-state index contributed by atoms with van der Waals surface area (Å²) >= 11 is 0. The molecule has 0 saturated carbocycles. The Kier molecular flexibility index (Phi) is 5.09. The number of carbonyl (C=O) groups excluding carboxylic acids is 1. The van der Waals surface area contributed by atoms with Gasteiger partial charge in [-0.05, 0) is 36.4 Å². The SMILES string of the molecule is O=C(Nc1ccc(F)cc1)c1cnc(N2CCN(c3ccccn3)CC2)nc1. The third kappa shape index (κ3) is 4.06. The lowest BCUT2D eigenvalue weighted by atomic mass is 10.2. The maximum Gasteiger partial charge on any atom is 0.258 e. The Balaban J connectivity index is 1.36. The number of hydrogen-bond donors (Lipinski definition) is 1. The summed E-state index contributed by atoms with van der Waals surface area (Å²) in [5.41, 5.74) is 0.862. The first-order valence-electron chi connectivity index (χ1n) is 8.99. The topological polar surface area (TPSA) is 74.2 Å². The molecule has 3 heterocycles. The van der Waals surface area contributed by atoms with Gasteiger partial charge in [-0.2, -0.15) is 0 Å². The fraction of sp³-hybridized carbons (Fsp3) is 0.200. The van der Waals surface area contributed by atoms with Crippen LogP contribution < -0.4 is 15.1 Å². The van der Waals surface area contributed by atoms with Crippen molar-refractivity contribution in [1.82, 2.24) is 15.0 Å². The van der Waals surface area contributed by atoms with Crippen LogP contribution in [0.5, 0.6) is 0 Å². The van der Waals surface area contributed by atoms with Crippen molar-refractivity contribution in [2.75, 3.05) is 41.3 Å². The Bertz CT molecular complexity index is 925. The highest BCUT2D eigenvalue weighted by molar-refractivity contribution is 6.03. The highest BCUT2D eigenvalue weighted by Crippen LogP contribution is 2.16. The molecule has 7 nitrogen and oxygen atoms in total. The van der Waals surface area contributed by atoms with E-state index in [1.165, 1.54) is 36.7 Å². The number of carbonyl (C=O) groups is 1. The normalized spacial score (nSPS) is 14.0. The molecule has 0 unspecified atom stereocenters. The van der Waals surface area contributed by atoms with Gasteiger partial charge in [0.1, 0.15) is 11.6 Å². The zero-order chi connectivity index (χ0) is 19.3. The number of anilines is 3. The Morgan fingerprint density at radius 3 is 2.21 bits per heavy atom. The highest BCUT2D eigenvalue weighted by Gasteiger charge is 2.20. The summed E-state index contributed by atoms with van der Waals surface area (Å²) in [7, 11) is 0. The Morgan fingerprint density at radius 2 is 1.57 bits per heavy atom. The van der Waals surface area contributed by atoms with Crippen molar-refractivity contribution in [2.45, 2.75) is 0 Å². The summed E-state index contributed by atoms with van der Waals surface area (Å²) < 4.78 is 12.9. The number of nitrogens with zero attached hydrogens (tertiary/aromatic N) is 5. The average Bonchev–Trinajstić information content (AvgIpc) is 2.76. The van der Waals surface area contributed by atoms with Crippen molar-refractivity contribution in [3.05, 3.63) is 72.4 Å². The monoisotopic (exact) mass is 378 g/mol. The van der Waals surface area contributed by atoms with Gasteiger partial charge in [0.25, 0.3) is 5.91 Å². The maximum atomic E-state index is 12.9. The molecule has 142 valence electrons. The molecule has 1 aromatic carbocycles. The van der Waals surface area contributed by atoms with Gasteiger partial charge in [-0.3, -0.25) is 4.79 Å². The molecule has 28 heavy (non-hydrogen) atoms. The molecule has 8 heteroatoms. The molecule has 1 saturated heterocycles. The van der Waals surface area contributed by atoms with Gasteiger partial charge in [0.15, 0.2) is 0 Å².